The molecule has 0 aromatic heterocycles. The van der Waals surface area contributed by atoms with Crippen LogP contribution in [0.3, 0.4) is 0 Å². The Morgan fingerprint density at radius 1 is 1.39 bits per heavy atom. The van der Waals surface area contributed by atoms with Gasteiger partial charge in [0.05, 0.1) is 6.04 Å². The van der Waals surface area contributed by atoms with Gasteiger partial charge in [-0.25, -0.2) is 0 Å². The van der Waals surface area contributed by atoms with Crippen molar-refractivity contribution in [2.45, 2.75) is 31.8 Å². The number of nitrogens with zero attached hydrogens (tertiary/aromatic N) is 1. The van der Waals surface area contributed by atoms with Gasteiger partial charge in [0.25, 0.3) is 0 Å². The Kier molecular flexibility index (Phi) is 4.49. The molecule has 0 spiro atoms. The summed E-state index contributed by atoms with van der Waals surface area (Å²) in [5.41, 5.74) is 6.42. The summed E-state index contributed by atoms with van der Waals surface area (Å²) < 4.78 is 0. The monoisotopic (exact) mass is 286 g/mol. The maximum atomic E-state index is 11.4. The van der Waals surface area contributed by atoms with Gasteiger partial charge >= 0.3 is 0 Å². The molecule has 1 saturated heterocycles. The minimum absolute atomic E-state index is 0.175. The summed E-state index contributed by atoms with van der Waals surface area (Å²) in [5, 5.41) is 1.25. The maximum Gasteiger partial charge on any atom is 0.234 e. The number of nitrogens with two attached hydrogens (primary N) is 1. The molecule has 0 aliphatic carbocycles. The van der Waals surface area contributed by atoms with E-state index < -0.39 is 0 Å². The summed E-state index contributed by atoms with van der Waals surface area (Å²) in [4.78, 5) is 13.5. The molecule has 0 unspecified atom stereocenters. The number of halogens is 2. The van der Waals surface area contributed by atoms with Crippen molar-refractivity contribution in [3.63, 3.8) is 0 Å². The zero-order chi connectivity index (χ0) is 13.1. The summed E-state index contributed by atoms with van der Waals surface area (Å²) in [6, 6.07) is 5.26. The van der Waals surface area contributed by atoms with Crippen molar-refractivity contribution in [3.8, 4) is 0 Å². The average Bonchev–Trinajstić information content (AvgIpc) is 2.33. The normalized spacial score (nSPS) is 20.9. The molecule has 0 radical (unpaired) electrons. The third kappa shape index (κ3) is 3.16. The fraction of sp³-hybridized carbons (Fsp3) is 0.462. The number of hydrogen-bond acceptors (Lipinski definition) is 2. The zero-order valence-corrected chi connectivity index (χ0v) is 11.5. The molecule has 2 rings (SSSR count). The van der Waals surface area contributed by atoms with Crippen LogP contribution in [0.15, 0.2) is 18.2 Å². The number of rotatable bonds is 3. The number of amides is 1. The van der Waals surface area contributed by atoms with Gasteiger partial charge in [-0.2, -0.15) is 0 Å². The molecule has 2 N–H and O–H groups in total. The molecule has 98 valence electrons. The molecule has 1 aliphatic heterocycles. The van der Waals surface area contributed by atoms with E-state index in [0.29, 0.717) is 16.6 Å². The lowest BCUT2D eigenvalue weighted by Crippen LogP contribution is -2.47. The molecule has 1 fully saturated rings. The highest BCUT2D eigenvalue weighted by Crippen LogP contribution is 2.25. The quantitative estimate of drug-likeness (QED) is 0.929. The van der Waals surface area contributed by atoms with Crippen molar-refractivity contribution in [1.82, 2.24) is 4.90 Å². The SMILES string of the molecule is NC(=O)[C@@H]1CCCCN1Cc1ccc(Cl)cc1Cl. The van der Waals surface area contributed by atoms with Crippen molar-refractivity contribution < 1.29 is 4.79 Å². The molecule has 0 bridgehead atoms. The fourth-order valence-corrected chi connectivity index (χ4v) is 2.84. The molecule has 1 aromatic carbocycles. The van der Waals surface area contributed by atoms with Crippen LogP contribution in [0.1, 0.15) is 24.8 Å². The van der Waals surface area contributed by atoms with Crippen LogP contribution in [0.4, 0.5) is 0 Å². The fourth-order valence-electron chi connectivity index (χ4n) is 2.37. The van der Waals surface area contributed by atoms with Crippen LogP contribution in [-0.2, 0) is 11.3 Å². The molecule has 1 aliphatic rings. The molecule has 1 aromatic rings. The predicted molar refractivity (Wildman–Crippen MR) is 73.7 cm³/mol. The van der Waals surface area contributed by atoms with Crippen molar-refractivity contribution in [3.05, 3.63) is 33.8 Å². The second-order valence-electron chi connectivity index (χ2n) is 4.62. The van der Waals surface area contributed by atoms with E-state index in [1.54, 1.807) is 6.07 Å². The number of piperidine rings is 1. The molecular weight excluding hydrogens is 271 g/mol. The molecule has 1 atom stereocenters. The molecule has 18 heavy (non-hydrogen) atoms. The lowest BCUT2D eigenvalue weighted by molar-refractivity contribution is -0.124. The highest BCUT2D eigenvalue weighted by Gasteiger charge is 2.27. The maximum absolute atomic E-state index is 11.4. The Morgan fingerprint density at radius 2 is 2.17 bits per heavy atom. The molecule has 3 nitrogen and oxygen atoms in total. The minimum atomic E-state index is -0.250. The lowest BCUT2D eigenvalue weighted by atomic mass is 10.0. The summed E-state index contributed by atoms with van der Waals surface area (Å²) in [5.74, 6) is -0.250. The van der Waals surface area contributed by atoms with Gasteiger partial charge in [-0.3, -0.25) is 9.69 Å². The van der Waals surface area contributed by atoms with Crippen LogP contribution in [-0.4, -0.2) is 23.4 Å². The van der Waals surface area contributed by atoms with E-state index in [1.165, 1.54) is 0 Å². The standard InChI is InChI=1S/C13H16Cl2N2O/c14-10-5-4-9(11(15)7-10)8-17-6-2-1-3-12(17)13(16)18/h4-5,7,12H,1-3,6,8H2,(H2,16,18)/t12-/m0/s1. The first-order valence-electron chi connectivity index (χ1n) is 6.05. The van der Waals surface area contributed by atoms with Gasteiger partial charge in [-0.1, -0.05) is 35.7 Å². The highest BCUT2D eigenvalue weighted by molar-refractivity contribution is 6.35. The minimum Gasteiger partial charge on any atom is -0.368 e. The van der Waals surface area contributed by atoms with Gasteiger partial charge in [0.1, 0.15) is 0 Å². The van der Waals surface area contributed by atoms with Gasteiger partial charge in [-0.05, 0) is 37.1 Å². The number of hydrogen-bond donors (Lipinski definition) is 1. The molecule has 1 amide bonds. The van der Waals surface area contributed by atoms with Gasteiger partial charge in [0.15, 0.2) is 0 Å². The van der Waals surface area contributed by atoms with E-state index in [4.69, 9.17) is 28.9 Å². The molecular formula is C13H16Cl2N2O. The van der Waals surface area contributed by atoms with Crippen molar-refractivity contribution in [2.24, 2.45) is 5.73 Å². The van der Waals surface area contributed by atoms with Gasteiger partial charge < -0.3 is 5.73 Å². The smallest absolute Gasteiger partial charge is 0.234 e. The molecule has 0 saturated carbocycles. The van der Waals surface area contributed by atoms with E-state index in [0.717, 1.165) is 31.4 Å². The first kappa shape index (κ1) is 13.7. The topological polar surface area (TPSA) is 46.3 Å². The van der Waals surface area contributed by atoms with E-state index >= 15 is 0 Å². The van der Waals surface area contributed by atoms with Crippen LogP contribution in [0.2, 0.25) is 10.0 Å². The van der Waals surface area contributed by atoms with Crippen molar-refractivity contribution in [2.75, 3.05) is 6.54 Å². The van der Waals surface area contributed by atoms with E-state index in [2.05, 4.69) is 4.90 Å². The van der Waals surface area contributed by atoms with Crippen LogP contribution in [0.25, 0.3) is 0 Å². The Labute approximate surface area is 117 Å². The summed E-state index contributed by atoms with van der Waals surface area (Å²) in [6.45, 7) is 1.52. The van der Waals surface area contributed by atoms with Crippen LogP contribution < -0.4 is 5.73 Å². The summed E-state index contributed by atoms with van der Waals surface area (Å²) in [7, 11) is 0. The highest BCUT2D eigenvalue weighted by atomic mass is 35.5. The predicted octanol–water partition coefficient (Wildman–Crippen LogP) is 2.83. The van der Waals surface area contributed by atoms with Crippen LogP contribution in [0.5, 0.6) is 0 Å². The number of primary amides is 1. The first-order chi connectivity index (χ1) is 8.58. The van der Waals surface area contributed by atoms with E-state index in [-0.39, 0.29) is 11.9 Å². The molecule has 1 heterocycles. The third-order valence-corrected chi connectivity index (χ3v) is 3.92. The Bertz CT molecular complexity index is 451. The van der Waals surface area contributed by atoms with Crippen LogP contribution >= 0.6 is 23.2 Å². The second-order valence-corrected chi connectivity index (χ2v) is 5.46. The molecule has 5 heteroatoms. The van der Waals surface area contributed by atoms with Gasteiger partial charge in [0.2, 0.25) is 5.91 Å². The number of carbonyl (C=O) groups is 1. The van der Waals surface area contributed by atoms with Crippen molar-refractivity contribution >= 4 is 29.1 Å². The van der Waals surface area contributed by atoms with Crippen molar-refractivity contribution in [1.29, 1.82) is 0 Å². The Balaban J connectivity index is 2.13. The second kappa shape index (κ2) is 5.91. The number of benzene rings is 1. The summed E-state index contributed by atoms with van der Waals surface area (Å²) in [6.07, 6.45) is 2.98. The Hall–Kier alpha value is -0.770. The van der Waals surface area contributed by atoms with Crippen LogP contribution in [0, 0.1) is 0 Å². The average molecular weight is 287 g/mol. The van der Waals surface area contributed by atoms with E-state index in [1.807, 2.05) is 12.1 Å². The number of carbonyl (C=O) groups excluding carboxylic acids is 1. The summed E-state index contributed by atoms with van der Waals surface area (Å²) >= 11 is 12.0. The zero-order valence-electron chi connectivity index (χ0n) is 10.0. The largest absolute Gasteiger partial charge is 0.368 e. The van der Waals surface area contributed by atoms with Gasteiger partial charge in [0, 0.05) is 16.6 Å². The number of likely N-dealkylation sites (tertiary alicyclic amines) is 1. The lowest BCUT2D eigenvalue weighted by Gasteiger charge is -2.33. The Morgan fingerprint density at radius 3 is 2.83 bits per heavy atom. The van der Waals surface area contributed by atoms with Gasteiger partial charge in [-0.15, -0.1) is 0 Å². The third-order valence-electron chi connectivity index (χ3n) is 3.33. The van der Waals surface area contributed by atoms with E-state index in [9.17, 15) is 4.79 Å². The first-order valence-corrected chi connectivity index (χ1v) is 6.81.